The molecule has 0 spiro atoms. The summed E-state index contributed by atoms with van der Waals surface area (Å²) >= 11 is 6.25. The van der Waals surface area contributed by atoms with Crippen LogP contribution in [0.2, 0.25) is 5.02 Å². The highest BCUT2D eigenvalue weighted by Crippen LogP contribution is 2.27. The molecule has 0 aliphatic carbocycles. The van der Waals surface area contributed by atoms with Crippen LogP contribution in [0.15, 0.2) is 54.6 Å². The van der Waals surface area contributed by atoms with Crippen LogP contribution in [0.25, 0.3) is 11.3 Å². The van der Waals surface area contributed by atoms with Gasteiger partial charge >= 0.3 is 0 Å². The van der Waals surface area contributed by atoms with Crippen LogP contribution in [0.4, 0.5) is 5.69 Å². The third kappa shape index (κ3) is 3.62. The van der Waals surface area contributed by atoms with Crippen molar-refractivity contribution in [2.45, 2.75) is 19.9 Å². The molecule has 2 aromatic carbocycles. The van der Waals surface area contributed by atoms with E-state index < -0.39 is 0 Å². The molecule has 1 saturated heterocycles. The van der Waals surface area contributed by atoms with Gasteiger partial charge in [0.2, 0.25) is 0 Å². The van der Waals surface area contributed by atoms with Gasteiger partial charge in [-0.15, -0.1) is 0 Å². The summed E-state index contributed by atoms with van der Waals surface area (Å²) in [6.45, 7) is 6.42. The van der Waals surface area contributed by atoms with E-state index in [4.69, 9.17) is 11.6 Å². The monoisotopic (exact) mass is 394 g/mol. The number of anilines is 1. The van der Waals surface area contributed by atoms with Gasteiger partial charge < -0.3 is 9.80 Å². The second-order valence-corrected chi connectivity index (χ2v) is 7.69. The minimum absolute atomic E-state index is 0.0263. The van der Waals surface area contributed by atoms with E-state index in [-0.39, 0.29) is 11.9 Å². The Balaban J connectivity index is 1.48. The van der Waals surface area contributed by atoms with Crippen LogP contribution < -0.4 is 4.90 Å². The topological polar surface area (TPSA) is 52.2 Å². The number of amides is 1. The third-order valence-corrected chi connectivity index (χ3v) is 5.54. The Kier molecular flexibility index (Phi) is 5.09. The number of nitrogens with one attached hydrogen (secondary N) is 1. The number of hydrogen-bond acceptors (Lipinski definition) is 3. The molecule has 28 heavy (non-hydrogen) atoms. The van der Waals surface area contributed by atoms with Crippen molar-refractivity contribution in [3.63, 3.8) is 0 Å². The first-order valence-electron chi connectivity index (χ1n) is 9.46. The lowest BCUT2D eigenvalue weighted by molar-refractivity contribution is 0.0720. The number of aromatic nitrogens is 2. The molecule has 1 amide bonds. The van der Waals surface area contributed by atoms with Crippen LogP contribution in [-0.2, 0) is 0 Å². The van der Waals surface area contributed by atoms with Crippen molar-refractivity contribution in [2.75, 3.05) is 24.5 Å². The lowest BCUT2D eigenvalue weighted by Crippen LogP contribution is -2.53. The lowest BCUT2D eigenvalue weighted by atomic mass is 10.1. The van der Waals surface area contributed by atoms with Gasteiger partial charge in [0, 0.05) is 36.9 Å². The molecule has 3 aromatic rings. The van der Waals surface area contributed by atoms with E-state index in [2.05, 4.69) is 53.2 Å². The molecule has 4 rings (SSSR count). The molecular weight excluding hydrogens is 372 g/mol. The summed E-state index contributed by atoms with van der Waals surface area (Å²) in [6, 6.07) is 18.0. The Morgan fingerprint density at radius 3 is 2.71 bits per heavy atom. The van der Waals surface area contributed by atoms with Crippen molar-refractivity contribution in [3.05, 3.63) is 70.9 Å². The van der Waals surface area contributed by atoms with Crippen LogP contribution in [0.5, 0.6) is 0 Å². The Morgan fingerprint density at radius 2 is 1.96 bits per heavy atom. The number of rotatable bonds is 3. The molecule has 1 fully saturated rings. The largest absolute Gasteiger partial charge is 0.365 e. The lowest BCUT2D eigenvalue weighted by Gasteiger charge is -2.41. The first-order valence-corrected chi connectivity index (χ1v) is 9.83. The molecule has 144 valence electrons. The molecule has 0 saturated carbocycles. The zero-order chi connectivity index (χ0) is 19.7. The van der Waals surface area contributed by atoms with Crippen molar-refractivity contribution in [3.8, 4) is 11.3 Å². The van der Waals surface area contributed by atoms with E-state index in [0.29, 0.717) is 29.5 Å². The Hall–Kier alpha value is -2.79. The van der Waals surface area contributed by atoms with Gasteiger partial charge in [0.05, 0.1) is 10.7 Å². The molecule has 1 N–H and O–H groups in total. The molecule has 0 bridgehead atoms. The molecule has 1 unspecified atom stereocenters. The summed E-state index contributed by atoms with van der Waals surface area (Å²) in [4.78, 5) is 17.2. The summed E-state index contributed by atoms with van der Waals surface area (Å²) in [5, 5.41) is 7.79. The summed E-state index contributed by atoms with van der Waals surface area (Å²) in [5.74, 6) is -0.0263. The number of halogens is 1. The maximum atomic E-state index is 13.0. The Morgan fingerprint density at radius 1 is 1.14 bits per heavy atom. The number of aryl methyl sites for hydroxylation is 1. The van der Waals surface area contributed by atoms with Crippen molar-refractivity contribution in [1.29, 1.82) is 0 Å². The molecule has 6 heteroatoms. The molecular formula is C22H23ClN4O. The quantitative estimate of drug-likeness (QED) is 0.716. The van der Waals surface area contributed by atoms with Crippen LogP contribution in [0, 0.1) is 6.92 Å². The minimum atomic E-state index is -0.0263. The number of piperazine rings is 1. The van der Waals surface area contributed by atoms with Crippen molar-refractivity contribution in [1.82, 2.24) is 15.1 Å². The maximum absolute atomic E-state index is 13.0. The van der Waals surface area contributed by atoms with Crippen LogP contribution in [-0.4, -0.2) is 46.7 Å². The fraction of sp³-hybridized carbons (Fsp3) is 0.273. The van der Waals surface area contributed by atoms with Gasteiger partial charge in [-0.3, -0.25) is 9.89 Å². The first kappa shape index (κ1) is 18.6. The van der Waals surface area contributed by atoms with Gasteiger partial charge in [0.25, 0.3) is 5.91 Å². The van der Waals surface area contributed by atoms with Crippen molar-refractivity contribution in [2.24, 2.45) is 0 Å². The summed E-state index contributed by atoms with van der Waals surface area (Å²) in [6.07, 6.45) is 0. The van der Waals surface area contributed by atoms with E-state index in [1.807, 2.05) is 29.2 Å². The van der Waals surface area contributed by atoms with E-state index in [9.17, 15) is 4.79 Å². The number of carbonyl (C=O) groups is 1. The average molecular weight is 395 g/mol. The highest BCUT2D eigenvalue weighted by atomic mass is 35.5. The van der Waals surface area contributed by atoms with Gasteiger partial charge in [-0.1, -0.05) is 41.9 Å². The second kappa shape index (κ2) is 7.68. The van der Waals surface area contributed by atoms with E-state index in [1.54, 1.807) is 6.07 Å². The molecule has 1 aromatic heterocycles. The Bertz CT molecular complexity index is 999. The fourth-order valence-corrected chi connectivity index (χ4v) is 3.97. The molecule has 2 heterocycles. The van der Waals surface area contributed by atoms with Crippen LogP contribution >= 0.6 is 11.6 Å². The zero-order valence-electron chi connectivity index (χ0n) is 16.0. The number of carbonyl (C=O) groups excluding carboxylic acids is 1. The van der Waals surface area contributed by atoms with Crippen molar-refractivity contribution >= 4 is 23.2 Å². The predicted octanol–water partition coefficient (Wildman–Crippen LogP) is 4.39. The smallest absolute Gasteiger partial charge is 0.272 e. The van der Waals surface area contributed by atoms with Gasteiger partial charge in [0.1, 0.15) is 5.69 Å². The summed E-state index contributed by atoms with van der Waals surface area (Å²) in [7, 11) is 0. The van der Waals surface area contributed by atoms with Crippen molar-refractivity contribution < 1.29 is 4.79 Å². The van der Waals surface area contributed by atoms with Gasteiger partial charge in [0.15, 0.2) is 0 Å². The van der Waals surface area contributed by atoms with E-state index in [1.165, 1.54) is 11.3 Å². The number of hydrogen-bond donors (Lipinski definition) is 1. The number of nitrogens with zero attached hydrogens (tertiary/aromatic N) is 3. The minimum Gasteiger partial charge on any atom is -0.365 e. The zero-order valence-corrected chi connectivity index (χ0v) is 16.8. The van der Waals surface area contributed by atoms with Gasteiger partial charge in [-0.25, -0.2) is 0 Å². The maximum Gasteiger partial charge on any atom is 0.272 e. The standard InChI is InChI=1S/C22H23ClN4O/c1-15-6-5-7-17(12-15)27-11-10-26(14-16(27)2)22(28)21-13-20(24-25-21)18-8-3-4-9-19(18)23/h3-9,12-13,16H,10-11,14H2,1-2H3,(H,24,25). The van der Waals surface area contributed by atoms with E-state index in [0.717, 1.165) is 12.1 Å². The average Bonchev–Trinajstić information content (AvgIpc) is 3.17. The van der Waals surface area contributed by atoms with Crippen LogP contribution in [0.1, 0.15) is 23.0 Å². The number of benzene rings is 2. The van der Waals surface area contributed by atoms with E-state index >= 15 is 0 Å². The van der Waals surface area contributed by atoms with Gasteiger partial charge in [-0.2, -0.15) is 5.10 Å². The molecule has 1 atom stereocenters. The van der Waals surface area contributed by atoms with Crippen LogP contribution in [0.3, 0.4) is 0 Å². The second-order valence-electron chi connectivity index (χ2n) is 7.28. The Labute approximate surface area is 169 Å². The van der Waals surface area contributed by atoms with Gasteiger partial charge in [-0.05, 0) is 43.7 Å². The summed E-state index contributed by atoms with van der Waals surface area (Å²) < 4.78 is 0. The first-order chi connectivity index (χ1) is 13.5. The number of aromatic amines is 1. The normalized spacial score (nSPS) is 17.0. The third-order valence-electron chi connectivity index (χ3n) is 5.21. The predicted molar refractivity (Wildman–Crippen MR) is 113 cm³/mol. The molecule has 0 radical (unpaired) electrons. The summed E-state index contributed by atoms with van der Waals surface area (Å²) in [5.41, 5.74) is 4.44. The SMILES string of the molecule is Cc1cccc(N2CCN(C(=O)c3cc(-c4ccccc4Cl)n[nH]3)CC2C)c1. The molecule has 1 aliphatic heterocycles. The highest BCUT2D eigenvalue weighted by Gasteiger charge is 2.28. The molecule has 1 aliphatic rings. The number of H-pyrrole nitrogens is 1. The molecule has 5 nitrogen and oxygen atoms in total. The fourth-order valence-electron chi connectivity index (χ4n) is 3.74. The highest BCUT2D eigenvalue weighted by molar-refractivity contribution is 6.33.